The van der Waals surface area contributed by atoms with Gasteiger partial charge in [0.05, 0.1) is 25.0 Å². The summed E-state index contributed by atoms with van der Waals surface area (Å²) in [4.78, 5) is 0. The van der Waals surface area contributed by atoms with Crippen LogP contribution in [0.3, 0.4) is 0 Å². The van der Waals surface area contributed by atoms with E-state index in [9.17, 15) is 0 Å². The molecule has 1 fully saturated rings. The third-order valence-corrected chi connectivity index (χ3v) is 4.13. The van der Waals surface area contributed by atoms with Gasteiger partial charge in [0.1, 0.15) is 0 Å². The Morgan fingerprint density at radius 1 is 1.39 bits per heavy atom. The van der Waals surface area contributed by atoms with Crippen LogP contribution >= 0.6 is 0 Å². The number of anilines is 1. The molecule has 4 heteroatoms. The Morgan fingerprint density at radius 2 is 2.22 bits per heavy atom. The quantitative estimate of drug-likeness (QED) is 0.874. The topological polar surface area (TPSA) is 39.1 Å². The summed E-state index contributed by atoms with van der Waals surface area (Å²) in [5, 5.41) is 7.93. The van der Waals surface area contributed by atoms with E-state index in [1.165, 1.54) is 19.3 Å². The van der Waals surface area contributed by atoms with Crippen LogP contribution in [-0.4, -0.2) is 29.5 Å². The number of hydrogen-bond donors (Lipinski definition) is 1. The van der Waals surface area contributed by atoms with Crippen molar-refractivity contribution in [2.24, 2.45) is 11.8 Å². The van der Waals surface area contributed by atoms with Crippen LogP contribution in [-0.2, 0) is 11.3 Å². The van der Waals surface area contributed by atoms with Crippen LogP contribution in [0, 0.1) is 11.8 Å². The van der Waals surface area contributed by atoms with Crippen LogP contribution in [0.25, 0.3) is 0 Å². The third-order valence-electron chi connectivity index (χ3n) is 4.13. The number of nitrogens with one attached hydrogen (secondary N) is 1. The summed E-state index contributed by atoms with van der Waals surface area (Å²) in [6.45, 7) is 6.25. The summed E-state index contributed by atoms with van der Waals surface area (Å²) in [5.74, 6) is 1.69. The van der Waals surface area contributed by atoms with E-state index >= 15 is 0 Å². The minimum absolute atomic E-state index is 0.608. The van der Waals surface area contributed by atoms with Crippen molar-refractivity contribution in [3.8, 4) is 0 Å². The molecule has 4 nitrogen and oxygen atoms in total. The molecule has 0 saturated heterocycles. The summed E-state index contributed by atoms with van der Waals surface area (Å²) in [6, 6.07) is 0.608. The molecular formula is C14H25N3O. The number of nitrogens with zero attached hydrogens (tertiary/aromatic N) is 2. The lowest BCUT2D eigenvalue weighted by Crippen LogP contribution is -2.30. The molecule has 1 saturated carbocycles. The molecule has 102 valence electrons. The average molecular weight is 251 g/mol. The smallest absolute Gasteiger partial charge is 0.0728 e. The van der Waals surface area contributed by atoms with E-state index in [2.05, 4.69) is 30.5 Å². The Kier molecular flexibility index (Phi) is 4.64. The zero-order chi connectivity index (χ0) is 13.0. The predicted molar refractivity (Wildman–Crippen MR) is 73.7 cm³/mol. The fourth-order valence-corrected chi connectivity index (χ4v) is 2.66. The number of ether oxygens (including phenoxy) is 1. The second-order valence-electron chi connectivity index (χ2n) is 5.59. The van der Waals surface area contributed by atoms with Crippen LogP contribution in [0.1, 0.15) is 33.1 Å². The summed E-state index contributed by atoms with van der Waals surface area (Å²) in [7, 11) is 1.72. The van der Waals surface area contributed by atoms with Gasteiger partial charge in [-0.15, -0.1) is 0 Å². The molecule has 1 aliphatic carbocycles. The Labute approximate surface area is 110 Å². The van der Waals surface area contributed by atoms with Gasteiger partial charge in [-0.3, -0.25) is 4.68 Å². The molecule has 0 aliphatic heterocycles. The minimum Gasteiger partial charge on any atom is -0.383 e. The van der Waals surface area contributed by atoms with Crippen molar-refractivity contribution >= 4 is 5.69 Å². The van der Waals surface area contributed by atoms with E-state index < -0.39 is 0 Å². The lowest BCUT2D eigenvalue weighted by molar-refractivity contribution is 0.183. The highest BCUT2D eigenvalue weighted by molar-refractivity contribution is 5.39. The Hall–Kier alpha value is -1.03. The Balaban J connectivity index is 1.84. The normalized spacial score (nSPS) is 28.3. The molecule has 0 amide bonds. The van der Waals surface area contributed by atoms with Crippen LogP contribution in [0.4, 0.5) is 5.69 Å². The zero-order valence-electron chi connectivity index (χ0n) is 11.7. The number of rotatable bonds is 5. The van der Waals surface area contributed by atoms with E-state index in [1.54, 1.807) is 7.11 Å². The van der Waals surface area contributed by atoms with Crippen molar-refractivity contribution in [3.05, 3.63) is 12.4 Å². The van der Waals surface area contributed by atoms with Crippen molar-refractivity contribution < 1.29 is 4.74 Å². The van der Waals surface area contributed by atoms with E-state index in [1.807, 2.05) is 10.9 Å². The molecule has 1 aromatic heterocycles. The van der Waals surface area contributed by atoms with Crippen LogP contribution in [0.2, 0.25) is 0 Å². The Bertz CT molecular complexity index is 364. The van der Waals surface area contributed by atoms with Gasteiger partial charge in [0.2, 0.25) is 0 Å². The highest BCUT2D eigenvalue weighted by atomic mass is 16.5. The fraction of sp³-hybridized carbons (Fsp3) is 0.786. The van der Waals surface area contributed by atoms with Crippen molar-refractivity contribution in [3.63, 3.8) is 0 Å². The highest BCUT2D eigenvalue weighted by Gasteiger charge is 2.24. The second-order valence-corrected chi connectivity index (χ2v) is 5.59. The maximum Gasteiger partial charge on any atom is 0.0728 e. The van der Waals surface area contributed by atoms with E-state index in [4.69, 9.17) is 4.74 Å². The van der Waals surface area contributed by atoms with Gasteiger partial charge in [-0.25, -0.2) is 0 Å². The van der Waals surface area contributed by atoms with Gasteiger partial charge >= 0.3 is 0 Å². The first-order valence-corrected chi connectivity index (χ1v) is 6.97. The van der Waals surface area contributed by atoms with E-state index in [0.29, 0.717) is 12.6 Å². The number of methoxy groups -OCH3 is 1. The molecule has 1 heterocycles. The molecule has 18 heavy (non-hydrogen) atoms. The maximum atomic E-state index is 5.05. The van der Waals surface area contributed by atoms with Crippen molar-refractivity contribution in [1.82, 2.24) is 9.78 Å². The molecule has 0 aromatic carbocycles. The molecule has 1 N–H and O–H groups in total. The molecule has 0 bridgehead atoms. The highest BCUT2D eigenvalue weighted by Crippen LogP contribution is 2.30. The second kappa shape index (κ2) is 6.23. The molecule has 0 radical (unpaired) electrons. The molecule has 3 unspecified atom stereocenters. The fourth-order valence-electron chi connectivity index (χ4n) is 2.66. The molecule has 1 aliphatic rings. The minimum atomic E-state index is 0.608. The lowest BCUT2D eigenvalue weighted by atomic mass is 9.79. The SMILES string of the molecule is COCCn1cc(NC2CCC(C)C(C)C2)cn1. The van der Waals surface area contributed by atoms with Gasteiger partial charge in [-0.1, -0.05) is 13.8 Å². The Morgan fingerprint density at radius 3 is 2.94 bits per heavy atom. The van der Waals surface area contributed by atoms with Gasteiger partial charge in [-0.05, 0) is 31.1 Å². The van der Waals surface area contributed by atoms with E-state index in [0.717, 1.165) is 24.1 Å². The van der Waals surface area contributed by atoms with Gasteiger partial charge in [0.25, 0.3) is 0 Å². The summed E-state index contributed by atoms with van der Waals surface area (Å²) >= 11 is 0. The summed E-state index contributed by atoms with van der Waals surface area (Å²) in [5.41, 5.74) is 1.14. The van der Waals surface area contributed by atoms with Crippen LogP contribution in [0.15, 0.2) is 12.4 Å². The van der Waals surface area contributed by atoms with Crippen LogP contribution < -0.4 is 5.32 Å². The number of hydrogen-bond acceptors (Lipinski definition) is 3. The zero-order valence-corrected chi connectivity index (χ0v) is 11.7. The summed E-state index contributed by atoms with van der Waals surface area (Å²) in [6.07, 6.45) is 7.86. The molecule has 3 atom stereocenters. The lowest BCUT2D eigenvalue weighted by Gasteiger charge is -2.32. The molecule has 0 spiro atoms. The third kappa shape index (κ3) is 3.48. The van der Waals surface area contributed by atoms with Crippen molar-refractivity contribution in [2.45, 2.75) is 45.7 Å². The van der Waals surface area contributed by atoms with Crippen LogP contribution in [0.5, 0.6) is 0 Å². The van der Waals surface area contributed by atoms with Crippen molar-refractivity contribution in [2.75, 3.05) is 19.0 Å². The average Bonchev–Trinajstić information content (AvgIpc) is 2.79. The molecule has 1 aromatic rings. The molecule has 2 rings (SSSR count). The first kappa shape index (κ1) is 13.4. The maximum absolute atomic E-state index is 5.05. The first-order chi connectivity index (χ1) is 8.69. The van der Waals surface area contributed by atoms with E-state index in [-0.39, 0.29) is 0 Å². The monoisotopic (exact) mass is 251 g/mol. The van der Waals surface area contributed by atoms with Gasteiger partial charge in [-0.2, -0.15) is 5.10 Å². The predicted octanol–water partition coefficient (Wildman–Crippen LogP) is 2.77. The molecular weight excluding hydrogens is 226 g/mol. The standard InChI is InChI=1S/C14H25N3O/c1-11-4-5-13(8-12(11)2)16-14-9-15-17(10-14)6-7-18-3/h9-13,16H,4-8H2,1-3H3. The van der Waals surface area contributed by atoms with Gasteiger partial charge in [0, 0.05) is 19.3 Å². The van der Waals surface area contributed by atoms with Crippen molar-refractivity contribution in [1.29, 1.82) is 0 Å². The largest absolute Gasteiger partial charge is 0.383 e. The van der Waals surface area contributed by atoms with Gasteiger partial charge in [0.15, 0.2) is 0 Å². The number of aromatic nitrogens is 2. The van der Waals surface area contributed by atoms with Gasteiger partial charge < -0.3 is 10.1 Å². The summed E-state index contributed by atoms with van der Waals surface area (Å²) < 4.78 is 6.98. The first-order valence-electron chi connectivity index (χ1n) is 6.97.